The van der Waals surface area contributed by atoms with Crippen molar-refractivity contribution in [3.8, 4) is 5.75 Å². The van der Waals surface area contributed by atoms with E-state index in [0.717, 1.165) is 19.5 Å². The molecule has 0 aromatic heterocycles. The van der Waals surface area contributed by atoms with Gasteiger partial charge in [0.15, 0.2) is 12.4 Å². The van der Waals surface area contributed by atoms with Crippen molar-refractivity contribution < 1.29 is 19.1 Å². The molecule has 2 aliphatic heterocycles. The van der Waals surface area contributed by atoms with Crippen molar-refractivity contribution >= 4 is 23.3 Å². The Balaban J connectivity index is 1.41. The standard InChI is InChI=1S/C23H33N3O4/c1-17-7-3-4-12-25(17)13-6-11-24-22(28)8-5-14-26-20-15-19(18(2)27)9-10-21(20)30-16-23(26)29/h9-10,15,17H,3-8,11-14,16H2,1-2H3,(H,24,28). The summed E-state index contributed by atoms with van der Waals surface area (Å²) in [7, 11) is 0. The van der Waals surface area contributed by atoms with Crippen LogP contribution in [0.3, 0.4) is 0 Å². The number of rotatable bonds is 9. The van der Waals surface area contributed by atoms with Crippen molar-refractivity contribution in [1.29, 1.82) is 0 Å². The van der Waals surface area contributed by atoms with E-state index in [1.165, 1.54) is 26.2 Å². The lowest BCUT2D eigenvalue weighted by atomic mass is 10.0. The van der Waals surface area contributed by atoms with Crippen molar-refractivity contribution in [1.82, 2.24) is 10.2 Å². The molecule has 1 aromatic rings. The van der Waals surface area contributed by atoms with Crippen LogP contribution in [0.4, 0.5) is 5.69 Å². The first-order chi connectivity index (χ1) is 14.5. The van der Waals surface area contributed by atoms with Crippen LogP contribution < -0.4 is 15.0 Å². The first-order valence-corrected chi connectivity index (χ1v) is 11.0. The van der Waals surface area contributed by atoms with Gasteiger partial charge in [-0.05, 0) is 64.3 Å². The zero-order chi connectivity index (χ0) is 21.5. The van der Waals surface area contributed by atoms with Crippen LogP contribution in [-0.2, 0) is 9.59 Å². The van der Waals surface area contributed by atoms with E-state index in [-0.39, 0.29) is 24.2 Å². The first-order valence-electron chi connectivity index (χ1n) is 11.0. The largest absolute Gasteiger partial charge is 0.482 e. The number of carbonyl (C=O) groups is 3. The summed E-state index contributed by atoms with van der Waals surface area (Å²) in [6, 6.07) is 5.76. The molecule has 1 N–H and O–H groups in total. The molecule has 2 aliphatic rings. The minimum absolute atomic E-state index is 0.0140. The van der Waals surface area contributed by atoms with Crippen molar-refractivity contribution in [2.75, 3.05) is 37.7 Å². The van der Waals surface area contributed by atoms with Crippen LogP contribution in [0.1, 0.15) is 62.7 Å². The number of hydrogen-bond acceptors (Lipinski definition) is 5. The molecule has 0 radical (unpaired) electrons. The molecule has 1 aromatic carbocycles. The summed E-state index contributed by atoms with van der Waals surface area (Å²) in [5.41, 5.74) is 1.15. The van der Waals surface area contributed by atoms with E-state index in [0.29, 0.717) is 49.0 Å². The van der Waals surface area contributed by atoms with E-state index in [1.807, 2.05) is 0 Å². The Hall–Kier alpha value is -2.41. The SMILES string of the molecule is CC(=O)c1ccc2c(c1)N(CCCC(=O)NCCCN1CCCCC1C)C(=O)CO2. The molecule has 1 saturated heterocycles. The number of benzene rings is 1. The summed E-state index contributed by atoms with van der Waals surface area (Å²) in [4.78, 5) is 40.3. The highest BCUT2D eigenvalue weighted by Crippen LogP contribution is 2.33. The molecule has 0 saturated carbocycles. The number of ether oxygens (including phenoxy) is 1. The Morgan fingerprint density at radius 3 is 2.80 bits per heavy atom. The third-order valence-electron chi connectivity index (χ3n) is 5.98. The monoisotopic (exact) mass is 415 g/mol. The number of nitrogens with zero attached hydrogens (tertiary/aromatic N) is 2. The van der Waals surface area contributed by atoms with Crippen molar-refractivity contribution in [3.63, 3.8) is 0 Å². The van der Waals surface area contributed by atoms with Crippen LogP contribution in [0.25, 0.3) is 0 Å². The lowest BCUT2D eigenvalue weighted by molar-refractivity contribution is -0.122. The molecular weight excluding hydrogens is 382 g/mol. The number of hydrogen-bond donors (Lipinski definition) is 1. The average Bonchev–Trinajstić information content (AvgIpc) is 2.73. The number of fused-ring (bicyclic) bond motifs is 1. The maximum absolute atomic E-state index is 12.3. The fraction of sp³-hybridized carbons (Fsp3) is 0.609. The van der Waals surface area contributed by atoms with E-state index in [4.69, 9.17) is 4.74 Å². The molecule has 0 bridgehead atoms. The molecule has 0 spiro atoms. The number of carbonyl (C=O) groups excluding carboxylic acids is 3. The molecule has 30 heavy (non-hydrogen) atoms. The molecule has 2 amide bonds. The number of anilines is 1. The third-order valence-corrected chi connectivity index (χ3v) is 5.98. The van der Waals surface area contributed by atoms with Gasteiger partial charge in [0, 0.05) is 37.7 Å². The van der Waals surface area contributed by atoms with Crippen molar-refractivity contribution in [2.24, 2.45) is 0 Å². The van der Waals surface area contributed by atoms with Crippen LogP contribution in [0.2, 0.25) is 0 Å². The van der Waals surface area contributed by atoms with E-state index >= 15 is 0 Å². The lowest BCUT2D eigenvalue weighted by Crippen LogP contribution is -2.40. The van der Waals surface area contributed by atoms with Crippen LogP contribution >= 0.6 is 0 Å². The van der Waals surface area contributed by atoms with Gasteiger partial charge in [0.05, 0.1) is 5.69 Å². The van der Waals surface area contributed by atoms with Gasteiger partial charge in [-0.15, -0.1) is 0 Å². The average molecular weight is 416 g/mol. The lowest BCUT2D eigenvalue weighted by Gasteiger charge is -2.33. The van der Waals surface area contributed by atoms with E-state index in [2.05, 4.69) is 17.1 Å². The highest BCUT2D eigenvalue weighted by atomic mass is 16.5. The highest BCUT2D eigenvalue weighted by molar-refractivity contribution is 6.01. The molecule has 2 heterocycles. The van der Waals surface area contributed by atoms with Gasteiger partial charge in [-0.3, -0.25) is 14.4 Å². The number of Topliss-reactive ketones (excluding diaryl/α,β-unsaturated/α-hetero) is 1. The zero-order valence-corrected chi connectivity index (χ0v) is 18.1. The van der Waals surface area contributed by atoms with Gasteiger partial charge >= 0.3 is 0 Å². The predicted molar refractivity (Wildman–Crippen MR) is 116 cm³/mol. The summed E-state index contributed by atoms with van der Waals surface area (Å²) < 4.78 is 5.47. The van der Waals surface area contributed by atoms with Crippen LogP contribution in [0.5, 0.6) is 5.75 Å². The molecule has 164 valence electrons. The number of ketones is 1. The molecule has 3 rings (SSSR count). The molecular formula is C23H33N3O4. The fourth-order valence-electron chi connectivity index (χ4n) is 4.15. The van der Waals surface area contributed by atoms with E-state index in [9.17, 15) is 14.4 Å². The van der Waals surface area contributed by atoms with Gasteiger partial charge in [0.1, 0.15) is 5.75 Å². The smallest absolute Gasteiger partial charge is 0.265 e. The van der Waals surface area contributed by atoms with E-state index in [1.54, 1.807) is 23.1 Å². The second-order valence-electron chi connectivity index (χ2n) is 8.26. The van der Waals surface area contributed by atoms with Gasteiger partial charge < -0.3 is 19.9 Å². The zero-order valence-electron chi connectivity index (χ0n) is 18.1. The quantitative estimate of drug-likeness (QED) is 0.496. The van der Waals surface area contributed by atoms with E-state index < -0.39 is 0 Å². The second kappa shape index (κ2) is 10.6. The van der Waals surface area contributed by atoms with Crippen molar-refractivity contribution in [3.05, 3.63) is 23.8 Å². The maximum atomic E-state index is 12.3. The van der Waals surface area contributed by atoms with Crippen molar-refractivity contribution in [2.45, 2.75) is 58.4 Å². The summed E-state index contributed by atoms with van der Waals surface area (Å²) in [5, 5.41) is 2.99. The highest BCUT2D eigenvalue weighted by Gasteiger charge is 2.26. The predicted octanol–water partition coefficient (Wildman–Crippen LogP) is 2.78. The molecule has 1 atom stereocenters. The Morgan fingerprint density at radius 1 is 1.20 bits per heavy atom. The second-order valence-corrected chi connectivity index (χ2v) is 8.26. The Kier molecular flexibility index (Phi) is 7.85. The summed E-state index contributed by atoms with van der Waals surface area (Å²) in [6.07, 6.45) is 5.74. The summed E-state index contributed by atoms with van der Waals surface area (Å²) in [5.74, 6) is 0.393. The Labute approximate surface area is 178 Å². The maximum Gasteiger partial charge on any atom is 0.265 e. The molecule has 0 aliphatic carbocycles. The topological polar surface area (TPSA) is 79.0 Å². The number of piperidine rings is 1. The first kappa shape index (κ1) is 22.3. The van der Waals surface area contributed by atoms with Gasteiger partial charge in [-0.25, -0.2) is 0 Å². The molecule has 1 unspecified atom stereocenters. The summed E-state index contributed by atoms with van der Waals surface area (Å²) in [6.45, 7) is 7.05. The van der Waals surface area contributed by atoms with Crippen LogP contribution in [-0.4, -0.2) is 61.3 Å². The Morgan fingerprint density at radius 2 is 2.03 bits per heavy atom. The number of nitrogens with one attached hydrogen (secondary N) is 1. The molecule has 1 fully saturated rings. The number of likely N-dealkylation sites (tertiary alicyclic amines) is 1. The molecule has 7 nitrogen and oxygen atoms in total. The normalized spacial score (nSPS) is 19.2. The third kappa shape index (κ3) is 5.81. The van der Waals surface area contributed by atoms with Crippen LogP contribution in [0.15, 0.2) is 18.2 Å². The van der Waals surface area contributed by atoms with Gasteiger partial charge in [-0.2, -0.15) is 0 Å². The van der Waals surface area contributed by atoms with Crippen LogP contribution in [0, 0.1) is 0 Å². The van der Waals surface area contributed by atoms with Gasteiger partial charge in [-0.1, -0.05) is 6.42 Å². The molecule has 7 heteroatoms. The number of amides is 2. The van der Waals surface area contributed by atoms with Gasteiger partial charge in [0.2, 0.25) is 5.91 Å². The minimum atomic E-state index is -0.153. The Bertz CT molecular complexity index is 780. The fourth-order valence-corrected chi connectivity index (χ4v) is 4.15. The van der Waals surface area contributed by atoms with Gasteiger partial charge in [0.25, 0.3) is 5.91 Å². The minimum Gasteiger partial charge on any atom is -0.482 e. The summed E-state index contributed by atoms with van der Waals surface area (Å²) >= 11 is 0.